The summed E-state index contributed by atoms with van der Waals surface area (Å²) in [5.41, 5.74) is -2.16. The van der Waals surface area contributed by atoms with Gasteiger partial charge in [-0.2, -0.15) is 0 Å². The van der Waals surface area contributed by atoms with Gasteiger partial charge in [-0.1, -0.05) is 30.3 Å². The Hall–Kier alpha value is -1.97. The van der Waals surface area contributed by atoms with Gasteiger partial charge in [0.2, 0.25) is 5.78 Å². The fourth-order valence-corrected chi connectivity index (χ4v) is 1.72. The molecule has 16 heavy (non-hydrogen) atoms. The lowest BCUT2D eigenvalue weighted by Crippen LogP contribution is -2.41. The Bertz CT molecular complexity index is 493. The minimum absolute atomic E-state index is 0.0364. The molecule has 0 saturated carbocycles. The molecule has 0 heterocycles. The normalized spacial score (nSPS) is 22.8. The zero-order valence-electron chi connectivity index (χ0n) is 8.57. The van der Waals surface area contributed by atoms with Crippen molar-refractivity contribution < 1.29 is 18.7 Å². The number of fused-ring (bicyclic) bond motifs is 1. The van der Waals surface area contributed by atoms with E-state index in [1.807, 2.05) is 0 Å². The summed E-state index contributed by atoms with van der Waals surface area (Å²) in [5, 5.41) is 0. The van der Waals surface area contributed by atoms with Crippen molar-refractivity contribution in [2.75, 3.05) is 7.11 Å². The number of halogens is 1. The third-order valence-corrected chi connectivity index (χ3v) is 2.55. The van der Waals surface area contributed by atoms with Crippen LogP contribution in [0.15, 0.2) is 30.3 Å². The van der Waals surface area contributed by atoms with E-state index in [1.54, 1.807) is 18.2 Å². The summed E-state index contributed by atoms with van der Waals surface area (Å²) in [6.07, 6.45) is 2.54. The number of hydrogen-bond acceptors (Lipinski definition) is 3. The molecule has 1 aliphatic rings. The van der Waals surface area contributed by atoms with Gasteiger partial charge in [0.25, 0.3) is 5.67 Å². The van der Waals surface area contributed by atoms with Crippen LogP contribution in [0.5, 0.6) is 0 Å². The number of carbonyl (C=O) groups excluding carboxylic acids is 2. The number of benzene rings is 1. The second kappa shape index (κ2) is 3.56. The first-order valence-corrected chi connectivity index (χ1v) is 4.70. The Morgan fingerprint density at radius 3 is 2.69 bits per heavy atom. The SMILES string of the molecule is COC(=O)C1(F)C(=O)C=Cc2ccccc21. The molecule has 0 aliphatic heterocycles. The molecule has 0 bridgehead atoms. The number of allylic oxidation sites excluding steroid dienone is 1. The number of hydrogen-bond donors (Lipinski definition) is 0. The predicted molar refractivity (Wildman–Crippen MR) is 55.3 cm³/mol. The van der Waals surface area contributed by atoms with E-state index in [0.717, 1.165) is 13.2 Å². The molecule has 1 unspecified atom stereocenters. The van der Waals surface area contributed by atoms with Crippen molar-refractivity contribution in [3.8, 4) is 0 Å². The molecule has 0 saturated heterocycles. The Balaban J connectivity index is 2.66. The van der Waals surface area contributed by atoms with Gasteiger partial charge in [0, 0.05) is 5.56 Å². The van der Waals surface area contributed by atoms with Crippen LogP contribution in [0.4, 0.5) is 4.39 Å². The molecule has 1 aliphatic carbocycles. The van der Waals surface area contributed by atoms with Gasteiger partial charge in [0.15, 0.2) is 0 Å². The summed E-state index contributed by atoms with van der Waals surface area (Å²) in [4.78, 5) is 22.9. The van der Waals surface area contributed by atoms with Gasteiger partial charge in [0.1, 0.15) is 0 Å². The summed E-state index contributed by atoms with van der Waals surface area (Å²) < 4.78 is 18.8. The Kier molecular flexibility index (Phi) is 2.34. The molecule has 0 fully saturated rings. The molecule has 0 spiro atoms. The standard InChI is InChI=1S/C12H9FO3/c1-16-11(15)12(13)9-5-3-2-4-8(9)6-7-10(12)14/h2-7H,1H3. The first-order chi connectivity index (χ1) is 7.60. The van der Waals surface area contributed by atoms with Crippen molar-refractivity contribution >= 4 is 17.8 Å². The van der Waals surface area contributed by atoms with E-state index in [9.17, 15) is 14.0 Å². The molecular formula is C12H9FO3. The lowest BCUT2D eigenvalue weighted by Gasteiger charge is -2.24. The van der Waals surface area contributed by atoms with Crippen LogP contribution in [0, 0.1) is 0 Å². The van der Waals surface area contributed by atoms with Crippen molar-refractivity contribution in [3.05, 3.63) is 41.5 Å². The third kappa shape index (κ3) is 1.26. The van der Waals surface area contributed by atoms with E-state index in [2.05, 4.69) is 4.74 Å². The predicted octanol–water partition coefficient (Wildman–Crippen LogP) is 1.62. The summed E-state index contributed by atoms with van der Waals surface area (Å²) in [6, 6.07) is 6.32. The average Bonchev–Trinajstić information content (AvgIpc) is 2.33. The summed E-state index contributed by atoms with van der Waals surface area (Å²) in [5.74, 6) is -2.09. The summed E-state index contributed by atoms with van der Waals surface area (Å²) in [6.45, 7) is 0. The van der Waals surface area contributed by atoms with E-state index in [-0.39, 0.29) is 5.56 Å². The van der Waals surface area contributed by atoms with Crippen LogP contribution in [0.3, 0.4) is 0 Å². The van der Waals surface area contributed by atoms with Crippen molar-refractivity contribution in [1.82, 2.24) is 0 Å². The van der Waals surface area contributed by atoms with Crippen LogP contribution >= 0.6 is 0 Å². The maximum atomic E-state index is 14.5. The molecule has 2 rings (SSSR count). The van der Waals surface area contributed by atoms with E-state index < -0.39 is 17.4 Å². The average molecular weight is 220 g/mol. The summed E-state index contributed by atoms with van der Waals surface area (Å²) >= 11 is 0. The zero-order chi connectivity index (χ0) is 11.8. The molecule has 0 aromatic heterocycles. The van der Waals surface area contributed by atoms with Gasteiger partial charge in [-0.15, -0.1) is 0 Å². The van der Waals surface area contributed by atoms with Crippen molar-refractivity contribution in [3.63, 3.8) is 0 Å². The highest BCUT2D eigenvalue weighted by molar-refractivity contribution is 6.16. The lowest BCUT2D eigenvalue weighted by atomic mass is 9.83. The van der Waals surface area contributed by atoms with Gasteiger partial charge in [-0.05, 0) is 11.6 Å². The largest absolute Gasteiger partial charge is 0.466 e. The number of carbonyl (C=O) groups is 2. The second-order valence-corrected chi connectivity index (χ2v) is 3.43. The van der Waals surface area contributed by atoms with E-state index >= 15 is 0 Å². The van der Waals surface area contributed by atoms with Crippen molar-refractivity contribution in [2.45, 2.75) is 5.67 Å². The van der Waals surface area contributed by atoms with Crippen molar-refractivity contribution in [2.24, 2.45) is 0 Å². The molecule has 1 atom stereocenters. The van der Waals surface area contributed by atoms with Crippen LogP contribution in [0.25, 0.3) is 6.08 Å². The Morgan fingerprint density at radius 2 is 2.00 bits per heavy atom. The van der Waals surface area contributed by atoms with Crippen LogP contribution in [-0.2, 0) is 20.0 Å². The maximum absolute atomic E-state index is 14.5. The zero-order valence-corrected chi connectivity index (χ0v) is 8.57. The number of alkyl halides is 1. The van der Waals surface area contributed by atoms with Crippen LogP contribution in [-0.4, -0.2) is 18.9 Å². The van der Waals surface area contributed by atoms with Crippen molar-refractivity contribution in [1.29, 1.82) is 0 Å². The van der Waals surface area contributed by atoms with Gasteiger partial charge in [0.05, 0.1) is 7.11 Å². The molecule has 0 N–H and O–H groups in total. The minimum atomic E-state index is -2.71. The van der Waals surface area contributed by atoms with Crippen LogP contribution < -0.4 is 0 Å². The van der Waals surface area contributed by atoms with E-state index in [4.69, 9.17) is 0 Å². The first kappa shape index (κ1) is 10.5. The van der Waals surface area contributed by atoms with Crippen LogP contribution in [0.2, 0.25) is 0 Å². The van der Waals surface area contributed by atoms with Gasteiger partial charge < -0.3 is 4.74 Å². The fourth-order valence-electron chi connectivity index (χ4n) is 1.72. The first-order valence-electron chi connectivity index (χ1n) is 4.70. The monoisotopic (exact) mass is 220 g/mol. The molecule has 1 aromatic carbocycles. The highest BCUT2D eigenvalue weighted by Gasteiger charge is 2.50. The quantitative estimate of drug-likeness (QED) is 0.533. The van der Waals surface area contributed by atoms with Gasteiger partial charge in [-0.3, -0.25) is 4.79 Å². The molecule has 82 valence electrons. The maximum Gasteiger partial charge on any atom is 0.356 e. The lowest BCUT2D eigenvalue weighted by molar-refractivity contribution is -0.159. The molecule has 3 nitrogen and oxygen atoms in total. The van der Waals surface area contributed by atoms with E-state index in [1.165, 1.54) is 12.1 Å². The van der Waals surface area contributed by atoms with E-state index in [0.29, 0.717) is 5.56 Å². The number of methoxy groups -OCH3 is 1. The van der Waals surface area contributed by atoms with Gasteiger partial charge >= 0.3 is 5.97 Å². The topological polar surface area (TPSA) is 43.4 Å². The third-order valence-electron chi connectivity index (χ3n) is 2.55. The molecule has 4 heteroatoms. The Labute approximate surface area is 91.5 Å². The number of esters is 1. The number of ether oxygens (including phenoxy) is 1. The van der Waals surface area contributed by atoms with Crippen LogP contribution in [0.1, 0.15) is 11.1 Å². The molecule has 0 amide bonds. The van der Waals surface area contributed by atoms with Gasteiger partial charge in [-0.25, -0.2) is 9.18 Å². The smallest absolute Gasteiger partial charge is 0.356 e. The highest BCUT2D eigenvalue weighted by atomic mass is 19.1. The summed E-state index contributed by atoms with van der Waals surface area (Å²) in [7, 11) is 1.05. The molecule has 0 radical (unpaired) electrons. The molecule has 1 aromatic rings. The fraction of sp³-hybridized carbons (Fsp3) is 0.167. The Morgan fingerprint density at radius 1 is 1.31 bits per heavy atom. The number of rotatable bonds is 1. The molecular weight excluding hydrogens is 211 g/mol. The minimum Gasteiger partial charge on any atom is -0.466 e. The second-order valence-electron chi connectivity index (χ2n) is 3.43. The number of ketones is 1. The highest BCUT2D eigenvalue weighted by Crippen LogP contribution is 2.35.